The Bertz CT molecular complexity index is 478. The Kier molecular flexibility index (Phi) is 5.79. The Hall–Kier alpha value is -1.14. The molecular formula is C20H31NO5. The van der Waals surface area contributed by atoms with Gasteiger partial charge in [0.15, 0.2) is 0 Å². The predicted molar refractivity (Wildman–Crippen MR) is 94.4 cm³/mol. The predicted octanol–water partition coefficient (Wildman–Crippen LogP) is 2.34. The number of hydrogen-bond donors (Lipinski definition) is 1. The third-order valence-corrected chi connectivity index (χ3v) is 6.36. The fraction of sp³-hybridized carbons (Fsp3) is 0.900. The molecular weight excluding hydrogens is 334 g/mol. The number of nitrogens with one attached hydrogen (secondary N) is 1. The molecule has 0 aromatic carbocycles. The van der Waals surface area contributed by atoms with Crippen LogP contribution < -0.4 is 5.32 Å². The van der Waals surface area contributed by atoms with E-state index in [4.69, 9.17) is 14.2 Å². The number of rotatable bonds is 9. The molecule has 6 atom stereocenters. The standard InChI is InChI=1S/C20H31NO5/c22-19(24-11-13-5-7-15-16(9-13)21-15)3-1-2-4-20(23)25-12-14-6-8-17-18(10-14)26-17/h13-18,21H,1-12H2. The van der Waals surface area contributed by atoms with Crippen molar-refractivity contribution in [3.05, 3.63) is 0 Å². The van der Waals surface area contributed by atoms with E-state index in [0.717, 1.165) is 38.1 Å². The number of unbranched alkanes of at least 4 members (excludes halogenated alkanes) is 1. The molecule has 0 radical (unpaired) electrons. The van der Waals surface area contributed by atoms with Crippen molar-refractivity contribution < 1.29 is 23.8 Å². The van der Waals surface area contributed by atoms with Crippen LogP contribution in [0, 0.1) is 11.8 Å². The second-order valence-electron chi connectivity index (χ2n) is 8.52. The number of carbonyl (C=O) groups excluding carboxylic acids is 2. The van der Waals surface area contributed by atoms with Crippen LogP contribution in [-0.4, -0.2) is 49.4 Å². The molecule has 2 heterocycles. The molecule has 1 N–H and O–H groups in total. The van der Waals surface area contributed by atoms with E-state index in [0.29, 0.717) is 69.0 Å². The lowest BCUT2D eigenvalue weighted by Gasteiger charge is -2.19. The van der Waals surface area contributed by atoms with Gasteiger partial charge in [0, 0.05) is 24.9 Å². The molecule has 4 rings (SSSR count). The molecule has 0 spiro atoms. The third-order valence-electron chi connectivity index (χ3n) is 6.36. The topological polar surface area (TPSA) is 87.1 Å². The van der Waals surface area contributed by atoms with Gasteiger partial charge in [-0.3, -0.25) is 9.59 Å². The second-order valence-corrected chi connectivity index (χ2v) is 8.52. The lowest BCUT2D eigenvalue weighted by atomic mass is 9.90. The average molecular weight is 365 g/mol. The van der Waals surface area contributed by atoms with E-state index in [-0.39, 0.29) is 11.9 Å². The van der Waals surface area contributed by atoms with Crippen LogP contribution >= 0.6 is 0 Å². The Morgan fingerprint density at radius 2 is 1.46 bits per heavy atom. The van der Waals surface area contributed by atoms with Crippen LogP contribution in [0.15, 0.2) is 0 Å². The van der Waals surface area contributed by atoms with Crippen molar-refractivity contribution in [2.45, 2.75) is 88.5 Å². The molecule has 0 bridgehead atoms. The Morgan fingerprint density at radius 1 is 0.808 bits per heavy atom. The monoisotopic (exact) mass is 365 g/mol. The second kappa shape index (κ2) is 8.26. The molecule has 4 fully saturated rings. The summed E-state index contributed by atoms with van der Waals surface area (Å²) < 4.78 is 16.3. The minimum absolute atomic E-state index is 0.134. The van der Waals surface area contributed by atoms with Gasteiger partial charge in [-0.05, 0) is 63.2 Å². The van der Waals surface area contributed by atoms with Gasteiger partial charge in [-0.1, -0.05) is 0 Å². The van der Waals surface area contributed by atoms with Gasteiger partial charge in [-0.15, -0.1) is 0 Å². The summed E-state index contributed by atoms with van der Waals surface area (Å²) in [5.41, 5.74) is 0. The van der Waals surface area contributed by atoms with E-state index >= 15 is 0 Å². The molecule has 6 nitrogen and oxygen atoms in total. The fourth-order valence-corrected chi connectivity index (χ4v) is 4.52. The molecule has 0 aromatic rings. The quantitative estimate of drug-likeness (QED) is 0.383. The Labute approximate surface area is 155 Å². The van der Waals surface area contributed by atoms with Crippen molar-refractivity contribution in [1.29, 1.82) is 0 Å². The summed E-state index contributed by atoms with van der Waals surface area (Å²) in [5.74, 6) is 0.691. The van der Waals surface area contributed by atoms with Gasteiger partial charge in [0.05, 0.1) is 25.4 Å². The van der Waals surface area contributed by atoms with Gasteiger partial charge in [0.2, 0.25) is 0 Å². The number of epoxide rings is 1. The summed E-state index contributed by atoms with van der Waals surface area (Å²) in [5, 5.41) is 3.45. The summed E-state index contributed by atoms with van der Waals surface area (Å²) in [4.78, 5) is 23.6. The van der Waals surface area contributed by atoms with E-state index in [9.17, 15) is 9.59 Å². The molecule has 2 saturated heterocycles. The first-order valence-corrected chi connectivity index (χ1v) is 10.4. The average Bonchev–Trinajstić information content (AvgIpc) is 3.55. The summed E-state index contributed by atoms with van der Waals surface area (Å²) in [7, 11) is 0. The van der Waals surface area contributed by atoms with Crippen LogP contribution in [0.2, 0.25) is 0 Å². The Balaban J connectivity index is 0.992. The van der Waals surface area contributed by atoms with Gasteiger partial charge in [-0.2, -0.15) is 0 Å². The van der Waals surface area contributed by atoms with Crippen LogP contribution in [0.1, 0.15) is 64.2 Å². The molecule has 2 saturated carbocycles. The van der Waals surface area contributed by atoms with Crippen LogP contribution in [0.25, 0.3) is 0 Å². The van der Waals surface area contributed by atoms with Gasteiger partial charge in [0.25, 0.3) is 0 Å². The molecule has 26 heavy (non-hydrogen) atoms. The van der Waals surface area contributed by atoms with Crippen LogP contribution in [0.4, 0.5) is 0 Å². The fourth-order valence-electron chi connectivity index (χ4n) is 4.52. The largest absolute Gasteiger partial charge is 0.465 e. The third kappa shape index (κ3) is 5.19. The lowest BCUT2D eigenvalue weighted by Crippen LogP contribution is -2.20. The molecule has 2 aliphatic carbocycles. The summed E-state index contributed by atoms with van der Waals surface area (Å²) >= 11 is 0. The molecule has 6 heteroatoms. The highest BCUT2D eigenvalue weighted by atomic mass is 16.6. The number of hydrogen-bond acceptors (Lipinski definition) is 6. The van der Waals surface area contributed by atoms with Gasteiger partial charge < -0.3 is 19.5 Å². The number of fused-ring (bicyclic) bond motifs is 2. The lowest BCUT2D eigenvalue weighted by molar-refractivity contribution is -0.147. The normalized spacial score (nSPS) is 37.2. The van der Waals surface area contributed by atoms with Crippen LogP contribution in [0.5, 0.6) is 0 Å². The Morgan fingerprint density at radius 3 is 2.12 bits per heavy atom. The summed E-state index contributed by atoms with van der Waals surface area (Å²) in [6.07, 6.45) is 9.80. The first-order valence-electron chi connectivity index (χ1n) is 10.4. The highest BCUT2D eigenvalue weighted by Crippen LogP contribution is 2.39. The van der Waals surface area contributed by atoms with Crippen molar-refractivity contribution >= 4 is 11.9 Å². The van der Waals surface area contributed by atoms with E-state index in [1.165, 1.54) is 6.42 Å². The van der Waals surface area contributed by atoms with Crippen molar-refractivity contribution in [3.63, 3.8) is 0 Å². The van der Waals surface area contributed by atoms with Gasteiger partial charge in [-0.25, -0.2) is 0 Å². The van der Waals surface area contributed by atoms with E-state index in [1.54, 1.807) is 0 Å². The molecule has 0 amide bonds. The molecule has 4 aliphatic rings. The highest BCUT2D eigenvalue weighted by molar-refractivity contribution is 5.70. The van der Waals surface area contributed by atoms with E-state index in [2.05, 4.69) is 5.32 Å². The van der Waals surface area contributed by atoms with Crippen LogP contribution in [0.3, 0.4) is 0 Å². The minimum atomic E-state index is -0.147. The maximum absolute atomic E-state index is 11.8. The molecule has 146 valence electrons. The number of ether oxygens (including phenoxy) is 3. The van der Waals surface area contributed by atoms with Gasteiger partial charge >= 0.3 is 11.9 Å². The first kappa shape index (κ1) is 18.2. The van der Waals surface area contributed by atoms with Gasteiger partial charge in [0.1, 0.15) is 0 Å². The maximum atomic E-state index is 11.8. The number of esters is 2. The molecule has 6 unspecified atom stereocenters. The SMILES string of the molecule is O=C(CCCCC(=O)OCC1CCC2OC2C1)OCC1CCC2NC2C1. The first-order chi connectivity index (χ1) is 12.7. The van der Waals surface area contributed by atoms with Crippen molar-refractivity contribution in [1.82, 2.24) is 5.32 Å². The van der Waals surface area contributed by atoms with Crippen molar-refractivity contribution in [2.75, 3.05) is 13.2 Å². The number of carbonyl (C=O) groups is 2. The zero-order valence-corrected chi connectivity index (χ0v) is 15.5. The molecule has 0 aromatic heterocycles. The summed E-state index contributed by atoms with van der Waals surface area (Å²) in [6, 6.07) is 1.41. The highest BCUT2D eigenvalue weighted by Gasteiger charge is 2.44. The smallest absolute Gasteiger partial charge is 0.305 e. The molecule has 2 aliphatic heterocycles. The zero-order chi connectivity index (χ0) is 17.9. The minimum Gasteiger partial charge on any atom is -0.465 e. The maximum Gasteiger partial charge on any atom is 0.305 e. The van der Waals surface area contributed by atoms with Crippen molar-refractivity contribution in [2.24, 2.45) is 11.8 Å². The zero-order valence-electron chi connectivity index (χ0n) is 15.5. The van der Waals surface area contributed by atoms with Crippen molar-refractivity contribution in [3.8, 4) is 0 Å². The van der Waals surface area contributed by atoms with Crippen LogP contribution in [-0.2, 0) is 23.8 Å². The van der Waals surface area contributed by atoms with E-state index in [1.807, 2.05) is 0 Å². The summed E-state index contributed by atoms with van der Waals surface area (Å²) in [6.45, 7) is 1.07. The van der Waals surface area contributed by atoms with E-state index < -0.39 is 0 Å².